The van der Waals surface area contributed by atoms with Crippen LogP contribution in [0.3, 0.4) is 0 Å². The highest BCUT2D eigenvalue weighted by molar-refractivity contribution is 5.83. The Bertz CT molecular complexity index is 454. The Morgan fingerprint density at radius 2 is 1.79 bits per heavy atom. The van der Waals surface area contributed by atoms with Crippen molar-refractivity contribution in [2.75, 3.05) is 0 Å². The zero-order chi connectivity index (χ0) is 9.97. The lowest BCUT2D eigenvalue weighted by molar-refractivity contribution is 0.972. The first kappa shape index (κ1) is 9.01. The number of hydrogen-bond acceptors (Lipinski definition) is 0. The van der Waals surface area contributed by atoms with Crippen molar-refractivity contribution in [1.82, 2.24) is 0 Å². The first-order valence-electron chi connectivity index (χ1n) is 4.85. The minimum atomic E-state index is 0.319. The molecule has 0 saturated heterocycles. The summed E-state index contributed by atoms with van der Waals surface area (Å²) in [5.41, 5.74) is 1.27. The second-order valence-corrected chi connectivity index (χ2v) is 3.59. The van der Waals surface area contributed by atoms with E-state index in [0.717, 1.165) is 0 Å². The minimum Gasteiger partial charge on any atom is -0.0773 e. The summed E-state index contributed by atoms with van der Waals surface area (Å²) in [6.07, 6.45) is 1.73. The van der Waals surface area contributed by atoms with Gasteiger partial charge in [0.1, 0.15) is 0 Å². The third-order valence-corrected chi connectivity index (χ3v) is 2.59. The average molecular weight is 181 g/mol. The summed E-state index contributed by atoms with van der Waals surface area (Å²) in [6, 6.07) is 14.8. The third-order valence-electron chi connectivity index (χ3n) is 2.59. The Morgan fingerprint density at radius 3 is 2.50 bits per heavy atom. The van der Waals surface area contributed by atoms with E-state index >= 15 is 0 Å². The number of rotatable bonds is 2. The Balaban J connectivity index is 2.56. The molecule has 0 aliphatic carbocycles. The summed E-state index contributed by atoms with van der Waals surface area (Å²) in [5, 5.41) is 2.55. The molecule has 1 atom stereocenters. The van der Waals surface area contributed by atoms with Crippen molar-refractivity contribution in [3.8, 4) is 0 Å². The summed E-state index contributed by atoms with van der Waals surface area (Å²) in [4.78, 5) is 0. The van der Waals surface area contributed by atoms with Crippen molar-refractivity contribution in [3.63, 3.8) is 0 Å². The Hall–Kier alpha value is -1.56. The van der Waals surface area contributed by atoms with Crippen LogP contribution in [0.25, 0.3) is 10.8 Å². The smallest absolute Gasteiger partial charge is 0.000710 e. The van der Waals surface area contributed by atoms with Gasteiger partial charge in [0.05, 0.1) is 0 Å². The minimum absolute atomic E-state index is 0.319. The highest BCUT2D eigenvalue weighted by Crippen LogP contribution is 2.21. The maximum Gasteiger partial charge on any atom is -0.000710 e. The number of hydrogen-bond donors (Lipinski definition) is 0. The maximum absolute atomic E-state index is 5.52. The lowest BCUT2D eigenvalue weighted by Crippen LogP contribution is -1.87. The molecule has 0 bridgehead atoms. The molecular weight excluding hydrogens is 168 g/mol. The lowest BCUT2D eigenvalue weighted by Gasteiger charge is -2.07. The second-order valence-electron chi connectivity index (χ2n) is 3.59. The van der Waals surface area contributed by atoms with Crippen LogP contribution >= 0.6 is 0 Å². The molecule has 0 amide bonds. The van der Waals surface area contributed by atoms with Gasteiger partial charge in [-0.05, 0) is 22.3 Å². The van der Waals surface area contributed by atoms with Crippen LogP contribution in [0.5, 0.6) is 0 Å². The fourth-order valence-electron chi connectivity index (χ4n) is 1.60. The van der Waals surface area contributed by atoms with Crippen molar-refractivity contribution in [1.29, 1.82) is 0 Å². The van der Waals surface area contributed by atoms with Gasteiger partial charge >= 0.3 is 0 Å². The molecule has 2 aromatic rings. The van der Waals surface area contributed by atoms with E-state index in [1.165, 1.54) is 16.3 Å². The summed E-state index contributed by atoms with van der Waals surface area (Å²) in [5.74, 6) is 0.319. The van der Waals surface area contributed by atoms with Gasteiger partial charge in [-0.25, -0.2) is 0 Å². The molecule has 0 aliphatic rings. The van der Waals surface area contributed by atoms with Gasteiger partial charge in [0.2, 0.25) is 0 Å². The van der Waals surface area contributed by atoms with E-state index in [-0.39, 0.29) is 0 Å². The molecule has 0 heteroatoms. The summed E-state index contributed by atoms with van der Waals surface area (Å²) < 4.78 is 0. The fraction of sp³-hybridized carbons (Fsp3) is 0.143. The van der Waals surface area contributed by atoms with Crippen LogP contribution in [0.1, 0.15) is 18.4 Å². The molecule has 0 nitrogen and oxygen atoms in total. The molecule has 0 spiro atoms. The van der Waals surface area contributed by atoms with E-state index in [1.54, 1.807) is 6.08 Å². The molecule has 0 N–H and O–H groups in total. The maximum atomic E-state index is 5.52. The first-order chi connectivity index (χ1) is 6.81. The molecule has 0 aliphatic heterocycles. The van der Waals surface area contributed by atoms with E-state index in [2.05, 4.69) is 49.4 Å². The van der Waals surface area contributed by atoms with Crippen LogP contribution in [0, 0.1) is 6.58 Å². The number of fused-ring (bicyclic) bond motifs is 1. The van der Waals surface area contributed by atoms with Crippen LogP contribution in [0.4, 0.5) is 0 Å². The molecule has 69 valence electrons. The molecule has 1 unspecified atom stereocenters. The third kappa shape index (κ3) is 1.56. The molecule has 0 aromatic heterocycles. The molecular formula is C14H13. The van der Waals surface area contributed by atoms with Gasteiger partial charge in [0, 0.05) is 0 Å². The fourth-order valence-corrected chi connectivity index (χ4v) is 1.60. The topological polar surface area (TPSA) is 0 Å². The van der Waals surface area contributed by atoms with Crippen LogP contribution in [-0.2, 0) is 0 Å². The van der Waals surface area contributed by atoms with Gasteiger partial charge < -0.3 is 0 Å². The van der Waals surface area contributed by atoms with E-state index in [1.807, 2.05) is 0 Å². The van der Waals surface area contributed by atoms with Gasteiger partial charge in [-0.3, -0.25) is 0 Å². The molecule has 14 heavy (non-hydrogen) atoms. The summed E-state index contributed by atoms with van der Waals surface area (Å²) in [6.45, 7) is 7.62. The highest BCUT2D eigenvalue weighted by atomic mass is 14.1. The first-order valence-corrected chi connectivity index (χ1v) is 4.85. The summed E-state index contributed by atoms with van der Waals surface area (Å²) in [7, 11) is 0. The Morgan fingerprint density at radius 1 is 1.07 bits per heavy atom. The van der Waals surface area contributed by atoms with Crippen molar-refractivity contribution in [3.05, 3.63) is 60.7 Å². The van der Waals surface area contributed by atoms with E-state index in [4.69, 9.17) is 6.58 Å². The molecule has 2 rings (SSSR count). The SMILES string of the molecule is [CH]=CC(C)c1ccc2ccccc2c1. The van der Waals surface area contributed by atoms with Gasteiger partial charge in [-0.2, -0.15) is 0 Å². The van der Waals surface area contributed by atoms with Gasteiger partial charge in [-0.15, -0.1) is 0 Å². The van der Waals surface area contributed by atoms with Crippen molar-refractivity contribution < 1.29 is 0 Å². The molecule has 2 aromatic carbocycles. The van der Waals surface area contributed by atoms with E-state index < -0.39 is 0 Å². The van der Waals surface area contributed by atoms with Crippen molar-refractivity contribution >= 4 is 10.8 Å². The van der Waals surface area contributed by atoms with Gasteiger partial charge in [0.25, 0.3) is 0 Å². The van der Waals surface area contributed by atoms with Crippen LogP contribution < -0.4 is 0 Å². The predicted octanol–water partition coefficient (Wildman–Crippen LogP) is 3.93. The Labute approximate surface area is 84.9 Å². The highest BCUT2D eigenvalue weighted by Gasteiger charge is 2.00. The van der Waals surface area contributed by atoms with Crippen molar-refractivity contribution in [2.45, 2.75) is 12.8 Å². The zero-order valence-electron chi connectivity index (χ0n) is 8.27. The van der Waals surface area contributed by atoms with Crippen molar-refractivity contribution in [2.24, 2.45) is 0 Å². The van der Waals surface area contributed by atoms with E-state index in [0.29, 0.717) is 5.92 Å². The largest absolute Gasteiger partial charge is 0.0773 e. The summed E-state index contributed by atoms with van der Waals surface area (Å²) >= 11 is 0. The standard InChI is InChI=1S/C14H13/c1-3-11(2)13-9-8-12-6-4-5-7-14(12)10-13/h1,3-11H,2H3. The molecule has 0 heterocycles. The van der Waals surface area contributed by atoms with Crippen LogP contribution in [-0.4, -0.2) is 0 Å². The van der Waals surface area contributed by atoms with Gasteiger partial charge in [-0.1, -0.05) is 62.0 Å². The van der Waals surface area contributed by atoms with Crippen LogP contribution in [0.2, 0.25) is 0 Å². The quantitative estimate of drug-likeness (QED) is 0.658. The predicted molar refractivity (Wildman–Crippen MR) is 61.2 cm³/mol. The van der Waals surface area contributed by atoms with E-state index in [9.17, 15) is 0 Å². The molecule has 0 fully saturated rings. The average Bonchev–Trinajstić information content (AvgIpc) is 2.27. The second kappa shape index (κ2) is 3.67. The van der Waals surface area contributed by atoms with Crippen LogP contribution in [0.15, 0.2) is 48.5 Å². The molecule has 0 saturated carbocycles. The monoisotopic (exact) mass is 181 g/mol. The zero-order valence-corrected chi connectivity index (χ0v) is 8.27. The molecule has 1 radical (unpaired) electrons. The van der Waals surface area contributed by atoms with Gasteiger partial charge in [0.15, 0.2) is 0 Å². The lowest BCUT2D eigenvalue weighted by atomic mass is 9.98. The normalized spacial score (nSPS) is 12.6. The Kier molecular flexibility index (Phi) is 2.36. The number of allylic oxidation sites excluding steroid dienone is 1. The number of benzene rings is 2.